The van der Waals surface area contributed by atoms with Gasteiger partial charge in [-0.3, -0.25) is 0 Å². The fraction of sp³-hybridized carbons (Fsp3) is 0.0192. The Labute approximate surface area is 359 Å². The molecule has 0 amide bonds. The number of rotatable bonds is 3. The summed E-state index contributed by atoms with van der Waals surface area (Å²) in [7, 11) is 11.0. The molecular weight excluding hydrogens is 737 g/mol. The molecule has 0 fully saturated rings. The topological polar surface area (TPSA) is 51.8 Å². The zero-order valence-corrected chi connectivity index (χ0v) is 34.8. The lowest BCUT2D eigenvalue weighted by molar-refractivity contribution is 0.669. The first-order chi connectivity index (χ1) is 29.8. The molecule has 0 saturated carbocycles. The van der Waals surface area contributed by atoms with Crippen molar-refractivity contribution in [3.8, 4) is 67.5 Å². The van der Waals surface area contributed by atoms with Gasteiger partial charge in [-0.2, -0.15) is 0 Å². The summed E-state index contributed by atoms with van der Waals surface area (Å²) in [5, 5.41) is 2.04. The molecule has 0 unspecified atom stereocenters. The summed E-state index contributed by atoms with van der Waals surface area (Å²) < 4.78 is 6.40. The first-order valence-electron chi connectivity index (χ1n) is 21.1. The van der Waals surface area contributed by atoms with E-state index < -0.39 is 5.41 Å². The summed E-state index contributed by atoms with van der Waals surface area (Å²) in [5.41, 5.74) is 22.5. The van der Waals surface area contributed by atoms with Crippen molar-refractivity contribution >= 4 is 88.5 Å². The fourth-order valence-electron chi connectivity index (χ4n) is 10.7. The summed E-state index contributed by atoms with van der Waals surface area (Å²) in [6.07, 6.45) is 0. The van der Waals surface area contributed by atoms with Gasteiger partial charge in [0.05, 0.1) is 5.41 Å². The molecule has 10 aromatic rings. The monoisotopic (exact) mass is 773 g/mol. The van der Waals surface area contributed by atoms with Crippen LogP contribution in [-0.4, -0.2) is 54.2 Å². The fourth-order valence-corrected chi connectivity index (χ4v) is 10.7. The van der Waals surface area contributed by atoms with Crippen LogP contribution in [0.4, 0.5) is 0 Å². The Hall–Kier alpha value is -7.11. The first-order valence-corrected chi connectivity index (χ1v) is 21.1. The van der Waals surface area contributed by atoms with Crippen molar-refractivity contribution < 1.29 is 4.42 Å². The van der Waals surface area contributed by atoms with Crippen LogP contribution in [0.2, 0.25) is 0 Å². The van der Waals surface area contributed by atoms with Crippen molar-refractivity contribution in [2.24, 2.45) is 0 Å². The molecule has 0 atom stereocenters. The Balaban J connectivity index is 1.20. The Morgan fingerprint density at radius 2 is 0.820 bits per heavy atom. The van der Waals surface area contributed by atoms with Crippen molar-refractivity contribution in [2.75, 3.05) is 0 Å². The largest absolute Gasteiger partial charge is 0.456 e. The third-order valence-corrected chi connectivity index (χ3v) is 14.0. The van der Waals surface area contributed by atoms with Gasteiger partial charge in [0.1, 0.15) is 50.4 Å². The highest BCUT2D eigenvalue weighted by Gasteiger charge is 2.49. The highest BCUT2D eigenvalue weighted by atomic mass is 16.3. The van der Waals surface area contributed by atoms with Gasteiger partial charge < -0.3 is 4.42 Å². The first kappa shape index (κ1) is 35.8. The van der Waals surface area contributed by atoms with E-state index in [1.54, 1.807) is 0 Å². The van der Waals surface area contributed by atoms with Gasteiger partial charge in [-0.25, -0.2) is 15.0 Å². The lowest BCUT2D eigenvalue weighted by Gasteiger charge is -2.35. The van der Waals surface area contributed by atoms with Crippen LogP contribution in [0.25, 0.3) is 89.5 Å². The minimum atomic E-state index is -0.619. The average molecular weight is 773 g/mol. The van der Waals surface area contributed by atoms with Crippen molar-refractivity contribution in [1.82, 2.24) is 15.0 Å². The molecule has 61 heavy (non-hydrogen) atoms. The minimum Gasteiger partial charge on any atom is -0.456 e. The zero-order chi connectivity index (χ0) is 41.1. The van der Waals surface area contributed by atoms with Crippen LogP contribution in [-0.2, 0) is 5.41 Å². The summed E-state index contributed by atoms with van der Waals surface area (Å²) in [5.74, 6) is 1.91. The summed E-state index contributed by atoms with van der Waals surface area (Å²) >= 11 is 0. The molecule has 2 aliphatic carbocycles. The number of furan rings is 1. The molecule has 12 rings (SSSR count). The van der Waals surface area contributed by atoms with Crippen molar-refractivity contribution in [2.45, 2.75) is 5.41 Å². The van der Waals surface area contributed by atoms with E-state index in [1.807, 2.05) is 24.3 Å². The van der Waals surface area contributed by atoms with Gasteiger partial charge in [-0.15, -0.1) is 16.4 Å². The van der Waals surface area contributed by atoms with E-state index >= 15 is 0 Å². The molecule has 0 N–H and O–H groups in total. The predicted molar refractivity (Wildman–Crippen MR) is 266 cm³/mol. The molecule has 8 aromatic carbocycles. The maximum absolute atomic E-state index is 6.40. The minimum absolute atomic E-state index is 0.615. The van der Waals surface area contributed by atoms with Crippen LogP contribution in [0.5, 0.6) is 0 Å². The van der Waals surface area contributed by atoms with Gasteiger partial charge in [-0.05, 0) is 73.8 Å². The lowest BCUT2D eigenvalue weighted by Crippen LogP contribution is -2.55. The van der Waals surface area contributed by atoms with E-state index in [2.05, 4.69) is 173 Å². The third kappa shape index (κ3) is 4.92. The van der Waals surface area contributed by atoms with E-state index in [9.17, 15) is 0 Å². The number of fused-ring (bicyclic) bond motifs is 15. The van der Waals surface area contributed by atoms with Gasteiger partial charge >= 0.3 is 0 Å². The second-order valence-corrected chi connectivity index (χ2v) is 16.8. The molecule has 2 aliphatic rings. The van der Waals surface area contributed by atoms with E-state index in [4.69, 9.17) is 19.4 Å². The van der Waals surface area contributed by atoms with Crippen molar-refractivity contribution in [3.63, 3.8) is 0 Å². The van der Waals surface area contributed by atoms with Gasteiger partial charge in [0.2, 0.25) is 0 Å². The second kappa shape index (κ2) is 13.2. The quantitative estimate of drug-likeness (QED) is 0.255. The van der Waals surface area contributed by atoms with Crippen molar-refractivity contribution in [1.29, 1.82) is 0 Å². The molecule has 4 nitrogen and oxygen atoms in total. The Morgan fingerprint density at radius 3 is 1.46 bits per heavy atom. The highest BCUT2D eigenvalue weighted by Crippen LogP contribution is 2.61. The van der Waals surface area contributed by atoms with Crippen LogP contribution in [0.1, 0.15) is 22.3 Å². The number of aromatic nitrogens is 3. The highest BCUT2D eigenvalue weighted by molar-refractivity contribution is 6.68. The number of hydrogen-bond donors (Lipinski definition) is 0. The number of para-hydroxylation sites is 1. The number of hydrogen-bond acceptors (Lipinski definition) is 4. The molecule has 0 bridgehead atoms. The zero-order valence-electron chi connectivity index (χ0n) is 34.8. The van der Waals surface area contributed by atoms with Crippen LogP contribution in [0.15, 0.2) is 162 Å². The normalized spacial score (nSPS) is 13.0. The van der Waals surface area contributed by atoms with Crippen LogP contribution in [0.3, 0.4) is 0 Å². The van der Waals surface area contributed by atoms with E-state index in [0.717, 1.165) is 38.6 Å². The second-order valence-electron chi connectivity index (χ2n) is 16.8. The predicted octanol–water partition coefficient (Wildman–Crippen LogP) is 4.07. The average Bonchev–Trinajstić information content (AvgIpc) is 3.81. The molecule has 0 radical (unpaired) electrons. The van der Waals surface area contributed by atoms with Crippen LogP contribution in [0, 0.1) is 0 Å². The summed E-state index contributed by atoms with van der Waals surface area (Å²) in [6, 6.07) is 57.2. The number of benzene rings is 8. The Morgan fingerprint density at radius 1 is 0.361 bits per heavy atom. The molecule has 0 saturated heterocycles. The summed E-state index contributed by atoms with van der Waals surface area (Å²) in [6.45, 7) is 0. The lowest BCUT2D eigenvalue weighted by atomic mass is 9.60. The van der Waals surface area contributed by atoms with Gasteiger partial charge in [-0.1, -0.05) is 150 Å². The SMILES string of the molecule is Bc1c(B)c(B)c(-c2nc(-c3ccc4c(c3)C3(c5ccccc5-c5ccccc5-4)c4ccccc4-c4ccccc43)nc(-c3cccc4oc5ccccc5c34)n2)c(B)c1B. The molecular formula is C52H36B5N3O. The van der Waals surface area contributed by atoms with Gasteiger partial charge in [0, 0.05) is 27.5 Å². The van der Waals surface area contributed by atoms with Gasteiger partial charge in [0.25, 0.3) is 0 Å². The molecule has 2 aromatic heterocycles. The maximum Gasteiger partial charge on any atom is 0.164 e. The Bertz CT molecular complexity index is 3450. The Kier molecular flexibility index (Phi) is 7.75. The molecule has 280 valence electrons. The van der Waals surface area contributed by atoms with Crippen LogP contribution >= 0.6 is 0 Å². The van der Waals surface area contributed by atoms with Gasteiger partial charge in [0.15, 0.2) is 17.5 Å². The van der Waals surface area contributed by atoms with Crippen molar-refractivity contribution in [3.05, 3.63) is 180 Å². The third-order valence-electron chi connectivity index (χ3n) is 14.0. The summed E-state index contributed by atoms with van der Waals surface area (Å²) in [4.78, 5) is 16.3. The van der Waals surface area contributed by atoms with E-state index in [-0.39, 0.29) is 0 Å². The van der Waals surface area contributed by atoms with Crippen LogP contribution < -0.4 is 27.3 Å². The standard InChI is InChI=1S/C52H36B5N3O/c53-44-43(45(54)47(56)48(57)46(44)55)51-59-49(58-50(60-51)35-18-11-23-41-42(35)34-17-6-10-22-40(34)61-41)27-24-25-33-29-13-2-1-12-28(29)30-14-3-7-19-36(30)52(39(33)26-27)37-20-8-4-15-31(37)32-16-5-9-21-38(32)52/h1-26H,53-57H2. The molecule has 1 spiro atoms. The van der Waals surface area contributed by atoms with E-state index in [1.165, 1.54) is 82.9 Å². The number of nitrogens with zero attached hydrogens (tertiary/aromatic N) is 3. The smallest absolute Gasteiger partial charge is 0.164 e. The van der Waals surface area contributed by atoms with E-state index in [0.29, 0.717) is 17.5 Å². The maximum atomic E-state index is 6.40. The molecule has 9 heteroatoms. The molecule has 2 heterocycles. The molecule has 0 aliphatic heterocycles.